The molecule has 0 spiro atoms. The first-order chi connectivity index (χ1) is 15.9. The maximum absolute atomic E-state index is 12.6. The zero-order valence-electron chi connectivity index (χ0n) is 20.7. The molecule has 4 rings (SSSR count). The van der Waals surface area contributed by atoms with Crippen LogP contribution < -0.4 is 5.32 Å². The first-order valence-corrected chi connectivity index (χ1v) is 12.8. The Kier molecular flexibility index (Phi) is 7.58. The van der Waals surface area contributed by atoms with Gasteiger partial charge in [-0.1, -0.05) is 64.8 Å². The quantitative estimate of drug-likeness (QED) is 0.444. The summed E-state index contributed by atoms with van der Waals surface area (Å²) in [4.78, 5) is 17.3. The Hall–Kier alpha value is -2.14. The van der Waals surface area contributed by atoms with Crippen LogP contribution in [0.3, 0.4) is 0 Å². The summed E-state index contributed by atoms with van der Waals surface area (Å²) in [6.07, 6.45) is 10.5. The van der Waals surface area contributed by atoms with Crippen LogP contribution >= 0.6 is 0 Å². The summed E-state index contributed by atoms with van der Waals surface area (Å²) < 4.78 is 12.2. The van der Waals surface area contributed by atoms with Gasteiger partial charge >= 0.3 is 0 Å². The van der Waals surface area contributed by atoms with Gasteiger partial charge in [-0.05, 0) is 55.1 Å². The average molecular weight is 453 g/mol. The fourth-order valence-corrected chi connectivity index (χ4v) is 5.52. The Morgan fingerprint density at radius 1 is 1.12 bits per heavy atom. The molecule has 2 bridgehead atoms. The van der Waals surface area contributed by atoms with Gasteiger partial charge in [0.2, 0.25) is 5.89 Å². The highest BCUT2D eigenvalue weighted by molar-refractivity contribution is 5.91. The topological polar surface area (TPSA) is 64.4 Å². The fraction of sp³-hybridized carbons (Fsp3) is 0.643. The van der Waals surface area contributed by atoms with Crippen molar-refractivity contribution in [1.29, 1.82) is 0 Å². The highest BCUT2D eigenvalue weighted by Crippen LogP contribution is 2.50. The molecule has 2 aliphatic rings. The molecule has 5 nitrogen and oxygen atoms in total. The molecule has 3 heterocycles. The number of fused-ring (bicyclic) bond motifs is 2. The van der Waals surface area contributed by atoms with Crippen molar-refractivity contribution in [1.82, 2.24) is 10.3 Å². The van der Waals surface area contributed by atoms with Crippen molar-refractivity contribution in [2.24, 2.45) is 11.3 Å². The van der Waals surface area contributed by atoms with Crippen LogP contribution in [0.15, 0.2) is 34.9 Å². The van der Waals surface area contributed by atoms with Gasteiger partial charge in [0.15, 0.2) is 5.69 Å². The number of aryl methyl sites for hydroxylation is 1. The van der Waals surface area contributed by atoms with Gasteiger partial charge in [0.1, 0.15) is 6.26 Å². The molecule has 2 fully saturated rings. The molecular weight excluding hydrogens is 412 g/mol. The smallest absolute Gasteiger partial charge is 0.273 e. The molecule has 33 heavy (non-hydrogen) atoms. The number of carbonyl (C=O) groups excluding carboxylic acids is 1. The van der Waals surface area contributed by atoms with E-state index < -0.39 is 0 Å². The van der Waals surface area contributed by atoms with Crippen LogP contribution in [0.2, 0.25) is 0 Å². The van der Waals surface area contributed by atoms with Crippen molar-refractivity contribution in [2.75, 3.05) is 6.54 Å². The number of rotatable bonds is 10. The minimum atomic E-state index is -0.144. The first-order valence-electron chi connectivity index (χ1n) is 12.8. The number of ether oxygens (including phenoxy) is 1. The van der Waals surface area contributed by atoms with E-state index in [1.165, 1.54) is 17.4 Å². The van der Waals surface area contributed by atoms with E-state index in [-0.39, 0.29) is 24.0 Å². The predicted octanol–water partition coefficient (Wildman–Crippen LogP) is 6.08. The van der Waals surface area contributed by atoms with Crippen molar-refractivity contribution in [3.63, 3.8) is 0 Å². The SMILES string of the molecule is CCCc1ccccc1C[C@@H]1[C@H](c2nc(C(=O)NCCCCC(C)(C)C)co2)[C@H]2CC[C@@H]1O2. The van der Waals surface area contributed by atoms with Crippen molar-refractivity contribution >= 4 is 5.91 Å². The summed E-state index contributed by atoms with van der Waals surface area (Å²) in [6.45, 7) is 9.64. The second-order valence-corrected chi connectivity index (χ2v) is 11.0. The van der Waals surface area contributed by atoms with Crippen molar-refractivity contribution in [3.05, 3.63) is 53.2 Å². The zero-order valence-corrected chi connectivity index (χ0v) is 20.7. The predicted molar refractivity (Wildman–Crippen MR) is 130 cm³/mol. The molecule has 2 saturated heterocycles. The number of oxazole rings is 1. The van der Waals surface area contributed by atoms with Crippen LogP contribution in [0, 0.1) is 11.3 Å². The van der Waals surface area contributed by atoms with E-state index in [4.69, 9.17) is 9.15 Å². The number of nitrogens with zero attached hydrogens (tertiary/aromatic N) is 1. The zero-order chi connectivity index (χ0) is 23.4. The van der Waals surface area contributed by atoms with Crippen molar-refractivity contribution in [3.8, 4) is 0 Å². The summed E-state index contributed by atoms with van der Waals surface area (Å²) in [7, 11) is 0. The Labute approximate surface area is 198 Å². The number of aromatic nitrogens is 1. The maximum atomic E-state index is 12.6. The molecule has 0 radical (unpaired) electrons. The normalized spacial score (nSPS) is 24.4. The van der Waals surface area contributed by atoms with Crippen molar-refractivity contribution < 1.29 is 13.9 Å². The number of carbonyl (C=O) groups is 1. The van der Waals surface area contributed by atoms with Crippen LogP contribution in [0.25, 0.3) is 0 Å². The standard InChI is InChI=1S/C28H40N2O3/c1-5-10-19-11-6-7-12-20(19)17-21-23-13-14-24(33-23)25(21)27-30-22(18-32-27)26(31)29-16-9-8-15-28(2,3)4/h6-7,11-12,18,21,23-25H,5,8-10,13-17H2,1-4H3,(H,29,31)/t21-,23-,24+,25-/m0/s1. The summed E-state index contributed by atoms with van der Waals surface area (Å²) in [5, 5.41) is 3.00. The molecule has 1 amide bonds. The lowest BCUT2D eigenvalue weighted by molar-refractivity contribution is 0.0897. The molecule has 1 N–H and O–H groups in total. The van der Waals surface area contributed by atoms with Crippen LogP contribution in [0.1, 0.15) is 99.6 Å². The second kappa shape index (κ2) is 10.4. The lowest BCUT2D eigenvalue weighted by Crippen LogP contribution is -2.28. The van der Waals surface area contributed by atoms with Gasteiger partial charge in [-0.2, -0.15) is 0 Å². The highest BCUT2D eigenvalue weighted by Gasteiger charge is 2.51. The molecule has 0 unspecified atom stereocenters. The number of amides is 1. The highest BCUT2D eigenvalue weighted by atomic mass is 16.5. The molecule has 1 aromatic heterocycles. The lowest BCUT2D eigenvalue weighted by atomic mass is 9.75. The van der Waals surface area contributed by atoms with E-state index in [0.29, 0.717) is 29.5 Å². The van der Waals surface area contributed by atoms with Gasteiger partial charge in [-0.3, -0.25) is 4.79 Å². The lowest BCUT2D eigenvalue weighted by Gasteiger charge is -2.26. The molecule has 0 aliphatic carbocycles. The van der Waals surface area contributed by atoms with E-state index in [1.807, 2.05) is 0 Å². The first kappa shape index (κ1) is 24.0. The number of unbranched alkanes of at least 4 members (excludes halogenated alkanes) is 1. The molecule has 2 aliphatic heterocycles. The fourth-order valence-electron chi connectivity index (χ4n) is 5.52. The molecule has 5 heteroatoms. The van der Waals surface area contributed by atoms with Crippen LogP contribution in [0.4, 0.5) is 0 Å². The third-order valence-corrected chi connectivity index (χ3v) is 7.20. The van der Waals surface area contributed by atoms with Gasteiger partial charge < -0.3 is 14.5 Å². The largest absolute Gasteiger partial charge is 0.448 e. The minimum Gasteiger partial charge on any atom is -0.448 e. The summed E-state index contributed by atoms with van der Waals surface area (Å²) in [5.74, 6) is 0.980. The van der Waals surface area contributed by atoms with Crippen LogP contribution in [-0.4, -0.2) is 29.6 Å². The van der Waals surface area contributed by atoms with Gasteiger partial charge in [0.05, 0.1) is 18.1 Å². The van der Waals surface area contributed by atoms with Gasteiger partial charge in [-0.15, -0.1) is 0 Å². The monoisotopic (exact) mass is 452 g/mol. The molecule has 4 atom stereocenters. The average Bonchev–Trinajstić information content (AvgIpc) is 3.50. The van der Waals surface area contributed by atoms with E-state index in [1.54, 1.807) is 0 Å². The number of benzene rings is 1. The molecular formula is C28H40N2O3. The maximum Gasteiger partial charge on any atom is 0.273 e. The Balaban J connectivity index is 1.39. The summed E-state index contributed by atoms with van der Waals surface area (Å²) in [6, 6.07) is 8.76. The van der Waals surface area contributed by atoms with Gasteiger partial charge in [0, 0.05) is 12.5 Å². The summed E-state index contributed by atoms with van der Waals surface area (Å²) >= 11 is 0. The molecule has 180 valence electrons. The third-order valence-electron chi connectivity index (χ3n) is 7.20. The molecule has 0 saturated carbocycles. The van der Waals surface area contributed by atoms with Gasteiger partial charge in [-0.25, -0.2) is 4.98 Å². The van der Waals surface area contributed by atoms with Crippen LogP contribution in [0.5, 0.6) is 0 Å². The Morgan fingerprint density at radius 3 is 2.64 bits per heavy atom. The van der Waals surface area contributed by atoms with E-state index >= 15 is 0 Å². The molecule has 2 aromatic rings. The number of hydrogen-bond donors (Lipinski definition) is 1. The van der Waals surface area contributed by atoms with Crippen molar-refractivity contribution in [2.45, 2.75) is 97.2 Å². The van der Waals surface area contributed by atoms with E-state index in [0.717, 1.165) is 51.4 Å². The van der Waals surface area contributed by atoms with E-state index in [2.05, 4.69) is 62.3 Å². The molecule has 1 aromatic carbocycles. The number of hydrogen-bond acceptors (Lipinski definition) is 4. The van der Waals surface area contributed by atoms with E-state index in [9.17, 15) is 4.79 Å². The Bertz CT molecular complexity index is 929. The van der Waals surface area contributed by atoms with Crippen LogP contribution in [-0.2, 0) is 17.6 Å². The minimum absolute atomic E-state index is 0.117. The van der Waals surface area contributed by atoms with Gasteiger partial charge in [0.25, 0.3) is 5.91 Å². The second-order valence-electron chi connectivity index (χ2n) is 11.0. The third kappa shape index (κ3) is 5.87. The number of nitrogens with one attached hydrogen (secondary N) is 1. The summed E-state index contributed by atoms with van der Waals surface area (Å²) in [5.41, 5.74) is 3.56. The Morgan fingerprint density at radius 2 is 1.88 bits per heavy atom.